The Labute approximate surface area is 213 Å². The number of benzene rings is 1. The molecule has 6 rings (SSSR count). The van der Waals surface area contributed by atoms with Crippen molar-refractivity contribution in [3.8, 4) is 17.4 Å². The van der Waals surface area contributed by atoms with Gasteiger partial charge in [0, 0.05) is 49.2 Å². The highest BCUT2D eigenvalue weighted by atomic mass is 19.3. The number of rotatable bonds is 6. The number of halogens is 2. The first-order valence-electron chi connectivity index (χ1n) is 12.8. The normalized spacial score (nSPS) is 20.3. The van der Waals surface area contributed by atoms with Gasteiger partial charge < -0.3 is 24.5 Å². The zero-order valence-corrected chi connectivity index (χ0v) is 20.9. The Kier molecular flexibility index (Phi) is 5.86. The van der Waals surface area contributed by atoms with E-state index in [-0.39, 0.29) is 23.9 Å². The number of carbonyl (C=O) groups excluding carboxylic acids is 1. The lowest BCUT2D eigenvalue weighted by Gasteiger charge is -2.36. The molecule has 2 atom stereocenters. The Morgan fingerprint density at radius 3 is 2.70 bits per heavy atom. The number of aromatic nitrogens is 4. The molecule has 10 heteroatoms. The van der Waals surface area contributed by atoms with Crippen LogP contribution in [0.1, 0.15) is 43.0 Å². The van der Waals surface area contributed by atoms with E-state index >= 15 is 0 Å². The second-order valence-corrected chi connectivity index (χ2v) is 10.4. The molecule has 1 saturated carbocycles. The summed E-state index contributed by atoms with van der Waals surface area (Å²) in [6.07, 6.45) is 4.07. The molecular weight excluding hydrogens is 478 g/mol. The zero-order chi connectivity index (χ0) is 25.8. The van der Waals surface area contributed by atoms with Crippen molar-refractivity contribution in [1.29, 1.82) is 0 Å². The number of hydrogen-bond donors (Lipinski definition) is 1. The maximum absolute atomic E-state index is 13.3. The maximum Gasteiger partial charge on any atom is 0.388 e. The van der Waals surface area contributed by atoms with Gasteiger partial charge in [-0.1, -0.05) is 0 Å². The topological polar surface area (TPSA) is 91.2 Å². The highest BCUT2D eigenvalue weighted by molar-refractivity contribution is 5.98. The molecule has 0 bridgehead atoms. The molecule has 4 heterocycles. The van der Waals surface area contributed by atoms with Crippen molar-refractivity contribution in [1.82, 2.24) is 24.0 Å². The van der Waals surface area contributed by atoms with E-state index in [0.29, 0.717) is 23.7 Å². The quantitative estimate of drug-likeness (QED) is 0.413. The van der Waals surface area contributed by atoms with Crippen LogP contribution in [-0.4, -0.2) is 55.1 Å². The molecule has 0 spiro atoms. The molecule has 2 aliphatic rings. The summed E-state index contributed by atoms with van der Waals surface area (Å²) in [6.45, 7) is 0.406. The van der Waals surface area contributed by atoms with Crippen molar-refractivity contribution in [3.63, 3.8) is 0 Å². The lowest BCUT2D eigenvalue weighted by atomic mass is 9.99. The average molecular weight is 509 g/mol. The number of aryl methyl sites for hydroxylation is 1. The molecule has 8 nitrogen and oxygen atoms in total. The van der Waals surface area contributed by atoms with Gasteiger partial charge >= 0.3 is 6.61 Å². The molecule has 4 aromatic rings. The number of nitrogens with zero attached hydrogens (tertiary/aromatic N) is 5. The van der Waals surface area contributed by atoms with Gasteiger partial charge in [0.1, 0.15) is 5.65 Å². The summed E-state index contributed by atoms with van der Waals surface area (Å²) in [7, 11) is 1.94. The largest absolute Gasteiger partial charge is 0.417 e. The summed E-state index contributed by atoms with van der Waals surface area (Å²) in [5, 5.41) is 0.829. The summed E-state index contributed by atoms with van der Waals surface area (Å²) in [6, 6.07) is 10.9. The molecule has 1 aromatic carbocycles. The summed E-state index contributed by atoms with van der Waals surface area (Å²) in [4.78, 5) is 24.5. The van der Waals surface area contributed by atoms with Crippen molar-refractivity contribution in [3.05, 3.63) is 42.0 Å². The van der Waals surface area contributed by atoms with Gasteiger partial charge in [0.05, 0.1) is 16.7 Å². The van der Waals surface area contributed by atoms with Gasteiger partial charge in [-0.25, -0.2) is 4.98 Å². The van der Waals surface area contributed by atoms with Crippen LogP contribution in [0.25, 0.3) is 33.6 Å². The summed E-state index contributed by atoms with van der Waals surface area (Å²) >= 11 is 0. The molecule has 1 aliphatic heterocycles. The van der Waals surface area contributed by atoms with E-state index in [2.05, 4.69) is 21.2 Å². The Balaban J connectivity index is 1.41. The van der Waals surface area contributed by atoms with Gasteiger partial charge in [0.2, 0.25) is 5.88 Å². The summed E-state index contributed by atoms with van der Waals surface area (Å²) in [5.41, 5.74) is 9.79. The molecule has 1 aliphatic carbocycles. The SMILES string of the molecule is C[C@H]1CCC(N)CN1C(=O)c1ccc2c(c1)nc(-c1cc3ccc(OC(F)F)nc3n1CC1CC1)n2C. The molecule has 0 radical (unpaired) electrons. The molecular formula is C27H30F2N6O2. The van der Waals surface area contributed by atoms with Crippen LogP contribution in [0.3, 0.4) is 0 Å². The summed E-state index contributed by atoms with van der Waals surface area (Å²) in [5.74, 6) is 1.11. The Morgan fingerprint density at radius 1 is 1.14 bits per heavy atom. The number of pyridine rings is 1. The van der Waals surface area contributed by atoms with Crippen molar-refractivity contribution >= 4 is 28.0 Å². The Morgan fingerprint density at radius 2 is 1.95 bits per heavy atom. The third-order valence-electron chi connectivity index (χ3n) is 7.60. The third kappa shape index (κ3) is 4.43. The molecule has 1 unspecified atom stereocenters. The van der Waals surface area contributed by atoms with Crippen LogP contribution in [-0.2, 0) is 13.6 Å². The predicted octanol–water partition coefficient (Wildman–Crippen LogP) is 4.55. The van der Waals surface area contributed by atoms with E-state index in [4.69, 9.17) is 10.7 Å². The van der Waals surface area contributed by atoms with Crippen LogP contribution in [0.5, 0.6) is 5.88 Å². The number of amides is 1. The van der Waals surface area contributed by atoms with Gasteiger partial charge in [-0.05, 0) is 68.9 Å². The second-order valence-electron chi connectivity index (χ2n) is 10.4. The molecule has 194 valence electrons. The minimum atomic E-state index is -2.93. The predicted molar refractivity (Wildman–Crippen MR) is 137 cm³/mol. The number of fused-ring (bicyclic) bond motifs is 2. The van der Waals surface area contributed by atoms with Crippen LogP contribution in [0.15, 0.2) is 36.4 Å². The van der Waals surface area contributed by atoms with Gasteiger partial charge in [-0.3, -0.25) is 4.79 Å². The minimum Gasteiger partial charge on any atom is -0.417 e. The number of piperidine rings is 1. The Bertz CT molecular complexity index is 1490. The number of likely N-dealkylation sites (tertiary alicyclic amines) is 1. The van der Waals surface area contributed by atoms with E-state index in [1.807, 2.05) is 40.8 Å². The average Bonchev–Trinajstić information content (AvgIpc) is 3.55. The first-order valence-corrected chi connectivity index (χ1v) is 12.8. The van der Waals surface area contributed by atoms with Crippen LogP contribution < -0.4 is 10.5 Å². The second kappa shape index (κ2) is 9.09. The van der Waals surface area contributed by atoms with Gasteiger partial charge in [-0.2, -0.15) is 13.8 Å². The lowest BCUT2D eigenvalue weighted by Crippen LogP contribution is -2.50. The minimum absolute atomic E-state index is 0.000982. The van der Waals surface area contributed by atoms with Crippen molar-refractivity contribution in [2.45, 2.75) is 57.8 Å². The standard InChI is InChI=1S/C27H30F2N6O2/c1-15-3-8-19(30)14-34(15)26(36)18-6-9-21-20(11-18)31-25(33(21)2)22-12-17-7-10-23(37-27(28)29)32-24(17)35(22)13-16-4-5-16/h6-7,9-12,15-16,19,27H,3-5,8,13-14,30H2,1-2H3/t15-,19?/m0/s1. The van der Waals surface area contributed by atoms with Crippen LogP contribution >= 0.6 is 0 Å². The van der Waals surface area contributed by atoms with E-state index in [0.717, 1.165) is 60.2 Å². The third-order valence-corrected chi connectivity index (χ3v) is 7.60. The molecule has 37 heavy (non-hydrogen) atoms. The van der Waals surface area contributed by atoms with Crippen LogP contribution in [0.4, 0.5) is 8.78 Å². The monoisotopic (exact) mass is 508 g/mol. The van der Waals surface area contributed by atoms with Gasteiger partial charge in [0.15, 0.2) is 5.82 Å². The Hall–Kier alpha value is -3.53. The number of carbonyl (C=O) groups is 1. The first-order chi connectivity index (χ1) is 17.8. The molecule has 2 fully saturated rings. The molecule has 1 amide bonds. The number of alkyl halides is 2. The van der Waals surface area contributed by atoms with E-state index in [1.54, 1.807) is 6.07 Å². The number of imidazole rings is 1. The van der Waals surface area contributed by atoms with Crippen molar-refractivity contribution in [2.75, 3.05) is 6.54 Å². The van der Waals surface area contributed by atoms with Crippen molar-refractivity contribution < 1.29 is 18.3 Å². The van der Waals surface area contributed by atoms with Crippen molar-refractivity contribution in [2.24, 2.45) is 18.7 Å². The molecule has 1 saturated heterocycles. The zero-order valence-electron chi connectivity index (χ0n) is 20.9. The summed E-state index contributed by atoms with van der Waals surface area (Å²) < 4.78 is 34.2. The number of nitrogens with two attached hydrogens (primary N) is 1. The van der Waals surface area contributed by atoms with Crippen LogP contribution in [0, 0.1) is 5.92 Å². The first kappa shape index (κ1) is 23.8. The maximum atomic E-state index is 13.3. The highest BCUT2D eigenvalue weighted by Gasteiger charge is 2.29. The fourth-order valence-corrected chi connectivity index (χ4v) is 5.34. The number of ether oxygens (including phenoxy) is 1. The smallest absolute Gasteiger partial charge is 0.388 e. The lowest BCUT2D eigenvalue weighted by molar-refractivity contribution is -0.0526. The fraction of sp³-hybridized carbons (Fsp3) is 0.444. The molecule has 2 N–H and O–H groups in total. The van der Waals surface area contributed by atoms with Crippen LogP contribution in [0.2, 0.25) is 0 Å². The van der Waals surface area contributed by atoms with Gasteiger partial charge in [0.25, 0.3) is 5.91 Å². The highest BCUT2D eigenvalue weighted by Crippen LogP contribution is 2.36. The van der Waals surface area contributed by atoms with E-state index in [1.165, 1.54) is 6.07 Å². The number of hydrogen-bond acceptors (Lipinski definition) is 5. The van der Waals surface area contributed by atoms with E-state index in [9.17, 15) is 13.6 Å². The van der Waals surface area contributed by atoms with E-state index < -0.39 is 6.61 Å². The molecule has 3 aromatic heterocycles. The van der Waals surface area contributed by atoms with Gasteiger partial charge in [-0.15, -0.1) is 0 Å². The fourth-order valence-electron chi connectivity index (χ4n) is 5.34.